The van der Waals surface area contributed by atoms with E-state index >= 15 is 0 Å². The highest BCUT2D eigenvalue weighted by atomic mass is 19.1. The molecule has 154 valence electrons. The number of Topliss-reactive ketones (excluding diaryl/α,β-unsaturated/α-hetero) is 1. The van der Waals surface area contributed by atoms with Crippen LogP contribution in [0.3, 0.4) is 0 Å². The maximum Gasteiger partial charge on any atom is 0.239 e. The molecule has 30 heavy (non-hydrogen) atoms. The molecule has 3 heterocycles. The van der Waals surface area contributed by atoms with Gasteiger partial charge in [-0.05, 0) is 12.1 Å². The van der Waals surface area contributed by atoms with Crippen LogP contribution >= 0.6 is 0 Å². The van der Waals surface area contributed by atoms with Gasteiger partial charge in [-0.25, -0.2) is 18.7 Å². The predicted molar refractivity (Wildman–Crippen MR) is 104 cm³/mol. The quantitative estimate of drug-likeness (QED) is 0.643. The average Bonchev–Trinajstić information content (AvgIpc) is 3.14. The number of aromatic nitrogens is 4. The minimum Gasteiger partial charge on any atom is -0.353 e. The molecule has 0 atom stereocenters. The van der Waals surface area contributed by atoms with Crippen molar-refractivity contribution in [3.63, 3.8) is 0 Å². The number of halogens is 2. The summed E-state index contributed by atoms with van der Waals surface area (Å²) in [6.45, 7) is 2.18. The number of ketones is 1. The van der Waals surface area contributed by atoms with Gasteiger partial charge in [-0.3, -0.25) is 14.3 Å². The fourth-order valence-electron chi connectivity index (χ4n) is 3.24. The molecule has 0 unspecified atom stereocenters. The summed E-state index contributed by atoms with van der Waals surface area (Å²) < 4.78 is 29.7. The first-order valence-corrected chi connectivity index (χ1v) is 9.29. The Labute approximate surface area is 170 Å². The molecule has 0 saturated carbocycles. The normalized spacial score (nSPS) is 14.0. The van der Waals surface area contributed by atoms with Crippen molar-refractivity contribution in [3.05, 3.63) is 59.4 Å². The van der Waals surface area contributed by atoms with Crippen molar-refractivity contribution in [1.29, 1.82) is 0 Å². The van der Waals surface area contributed by atoms with E-state index < -0.39 is 11.6 Å². The number of nitrogens with one attached hydrogen (secondary N) is 1. The molecule has 1 saturated heterocycles. The molecule has 8 nitrogen and oxygen atoms in total. The number of benzene rings is 1. The van der Waals surface area contributed by atoms with E-state index in [-0.39, 0.29) is 47.8 Å². The van der Waals surface area contributed by atoms with Crippen LogP contribution in [0.2, 0.25) is 0 Å². The lowest BCUT2D eigenvalue weighted by atomic mass is 10.2. The number of hydrogen-bond acceptors (Lipinski definition) is 6. The van der Waals surface area contributed by atoms with Crippen LogP contribution < -0.4 is 10.2 Å². The van der Waals surface area contributed by atoms with Gasteiger partial charge in [0.05, 0.1) is 19.3 Å². The first kappa shape index (κ1) is 19.6. The fraction of sp³-hybridized carbons (Fsp3) is 0.250. The Bertz CT molecular complexity index is 1130. The van der Waals surface area contributed by atoms with Crippen molar-refractivity contribution in [2.45, 2.75) is 13.5 Å². The maximum absolute atomic E-state index is 14.3. The largest absolute Gasteiger partial charge is 0.353 e. The number of carbonyl (C=O) groups is 2. The number of rotatable bonds is 5. The Kier molecular flexibility index (Phi) is 5.21. The van der Waals surface area contributed by atoms with Crippen LogP contribution in [-0.4, -0.2) is 51.1 Å². The van der Waals surface area contributed by atoms with Gasteiger partial charge < -0.3 is 10.2 Å². The highest BCUT2D eigenvalue weighted by Crippen LogP contribution is 2.23. The van der Waals surface area contributed by atoms with Crippen molar-refractivity contribution in [2.75, 3.05) is 24.5 Å². The topological polar surface area (TPSA) is 93.0 Å². The lowest BCUT2D eigenvalue weighted by Crippen LogP contribution is -2.48. The van der Waals surface area contributed by atoms with Crippen LogP contribution in [-0.2, 0) is 11.3 Å². The fourth-order valence-corrected chi connectivity index (χ4v) is 3.24. The predicted octanol–water partition coefficient (Wildman–Crippen LogP) is 1.81. The molecule has 1 N–H and O–H groups in total. The molecule has 10 heteroatoms. The van der Waals surface area contributed by atoms with Crippen LogP contribution in [0.15, 0.2) is 36.5 Å². The Morgan fingerprint density at radius 1 is 1.23 bits per heavy atom. The van der Waals surface area contributed by atoms with E-state index in [9.17, 15) is 18.4 Å². The standard InChI is InChI=1S/C20H18F2N6O2/c1-12(29)17-8-16(26-28(17)10-13-4-2-3-5-14(13)21)19-24-9-15(22)20(25-19)27-7-6-23-18(30)11-27/h2-5,8-9H,6-7,10-11H2,1H3,(H,23,30). The number of carbonyl (C=O) groups excluding carboxylic acids is 2. The third-order valence-corrected chi connectivity index (χ3v) is 4.71. The molecule has 1 aliphatic heterocycles. The lowest BCUT2D eigenvalue weighted by molar-refractivity contribution is -0.120. The van der Waals surface area contributed by atoms with Crippen molar-refractivity contribution >= 4 is 17.5 Å². The summed E-state index contributed by atoms with van der Waals surface area (Å²) in [6.07, 6.45) is 1.01. The Hall–Kier alpha value is -3.69. The Morgan fingerprint density at radius 3 is 2.77 bits per heavy atom. The van der Waals surface area contributed by atoms with E-state index in [0.717, 1.165) is 6.20 Å². The van der Waals surface area contributed by atoms with Gasteiger partial charge in [-0.2, -0.15) is 5.10 Å². The minimum absolute atomic E-state index is 0.0112. The summed E-state index contributed by atoms with van der Waals surface area (Å²) in [7, 11) is 0. The summed E-state index contributed by atoms with van der Waals surface area (Å²) in [5.41, 5.74) is 0.869. The van der Waals surface area contributed by atoms with Crippen molar-refractivity contribution in [2.24, 2.45) is 0 Å². The van der Waals surface area contributed by atoms with E-state index in [0.29, 0.717) is 18.7 Å². The third kappa shape index (κ3) is 3.88. The second kappa shape index (κ2) is 7.97. The summed E-state index contributed by atoms with van der Waals surface area (Å²) in [6, 6.07) is 7.70. The number of amides is 1. The second-order valence-corrected chi connectivity index (χ2v) is 6.86. The molecule has 0 radical (unpaired) electrons. The molecule has 1 aliphatic rings. The zero-order chi connectivity index (χ0) is 21.3. The molecule has 1 aromatic carbocycles. The van der Waals surface area contributed by atoms with Crippen molar-refractivity contribution in [1.82, 2.24) is 25.1 Å². The second-order valence-electron chi connectivity index (χ2n) is 6.86. The van der Waals surface area contributed by atoms with Gasteiger partial charge in [0.2, 0.25) is 5.91 Å². The highest BCUT2D eigenvalue weighted by Gasteiger charge is 2.23. The van der Waals surface area contributed by atoms with Gasteiger partial charge in [0.15, 0.2) is 23.2 Å². The van der Waals surface area contributed by atoms with Crippen molar-refractivity contribution < 1.29 is 18.4 Å². The van der Waals surface area contributed by atoms with Gasteiger partial charge in [0.25, 0.3) is 0 Å². The molecular weight excluding hydrogens is 394 g/mol. The van der Waals surface area contributed by atoms with Crippen LogP contribution in [0.4, 0.5) is 14.6 Å². The molecule has 1 fully saturated rings. The number of hydrogen-bond donors (Lipinski definition) is 1. The van der Waals surface area contributed by atoms with E-state index in [1.807, 2.05) is 0 Å². The zero-order valence-electron chi connectivity index (χ0n) is 16.1. The third-order valence-electron chi connectivity index (χ3n) is 4.71. The Balaban J connectivity index is 1.70. The van der Waals surface area contributed by atoms with Gasteiger partial charge >= 0.3 is 0 Å². The molecule has 1 amide bonds. The SMILES string of the molecule is CC(=O)c1cc(-c2ncc(F)c(N3CCNC(=O)C3)n2)nn1Cc1ccccc1F. The maximum atomic E-state index is 14.3. The molecule has 2 aromatic heterocycles. The lowest BCUT2D eigenvalue weighted by Gasteiger charge is -2.27. The van der Waals surface area contributed by atoms with Gasteiger partial charge in [-0.1, -0.05) is 18.2 Å². The first-order chi connectivity index (χ1) is 14.4. The van der Waals surface area contributed by atoms with Gasteiger partial charge in [0, 0.05) is 25.6 Å². The number of piperazine rings is 1. The van der Waals surface area contributed by atoms with E-state index in [1.54, 1.807) is 18.2 Å². The van der Waals surface area contributed by atoms with Crippen LogP contribution in [0.25, 0.3) is 11.5 Å². The summed E-state index contributed by atoms with van der Waals surface area (Å²) in [4.78, 5) is 33.5. The van der Waals surface area contributed by atoms with Crippen LogP contribution in [0, 0.1) is 11.6 Å². The number of anilines is 1. The molecule has 3 aromatic rings. The molecule has 4 rings (SSSR count). The van der Waals surface area contributed by atoms with E-state index in [2.05, 4.69) is 20.4 Å². The molecule has 0 spiro atoms. The minimum atomic E-state index is -0.661. The first-order valence-electron chi connectivity index (χ1n) is 9.29. The van der Waals surface area contributed by atoms with Gasteiger partial charge in [-0.15, -0.1) is 0 Å². The average molecular weight is 412 g/mol. The molecular formula is C20H18F2N6O2. The summed E-state index contributed by atoms with van der Waals surface area (Å²) in [5.74, 6) is -1.47. The van der Waals surface area contributed by atoms with Crippen LogP contribution in [0.5, 0.6) is 0 Å². The monoisotopic (exact) mass is 412 g/mol. The Morgan fingerprint density at radius 2 is 2.03 bits per heavy atom. The smallest absolute Gasteiger partial charge is 0.239 e. The van der Waals surface area contributed by atoms with E-state index in [1.165, 1.54) is 28.6 Å². The van der Waals surface area contributed by atoms with Crippen LogP contribution in [0.1, 0.15) is 23.0 Å². The molecule has 0 aliphatic carbocycles. The number of nitrogens with zero attached hydrogens (tertiary/aromatic N) is 5. The summed E-state index contributed by atoms with van der Waals surface area (Å²) in [5, 5.41) is 7.02. The zero-order valence-corrected chi connectivity index (χ0v) is 16.1. The van der Waals surface area contributed by atoms with Crippen molar-refractivity contribution in [3.8, 4) is 11.5 Å². The van der Waals surface area contributed by atoms with Gasteiger partial charge in [0.1, 0.15) is 17.2 Å². The highest BCUT2D eigenvalue weighted by molar-refractivity contribution is 5.93. The summed E-state index contributed by atoms with van der Waals surface area (Å²) >= 11 is 0. The van der Waals surface area contributed by atoms with E-state index in [4.69, 9.17) is 0 Å². The molecule has 0 bridgehead atoms.